The molecule has 2 aromatic rings. The number of hydrogen-bond acceptors (Lipinski definition) is 3. The Morgan fingerprint density at radius 3 is 2.56 bits per heavy atom. The molecule has 0 bridgehead atoms. The molecule has 1 aromatic carbocycles. The second kappa shape index (κ2) is 6.31. The smallest absolute Gasteiger partial charge is 0.0603 e. The molecule has 0 spiro atoms. The molecule has 0 aliphatic heterocycles. The number of rotatable bonds is 4. The quantitative estimate of drug-likeness (QED) is 0.781. The Balaban J connectivity index is 2.21. The molecule has 18 heavy (non-hydrogen) atoms. The molecule has 5 heteroatoms. The Morgan fingerprint density at radius 1 is 1.22 bits per heavy atom. The largest absolute Gasteiger partial charge is 0.327 e. The van der Waals surface area contributed by atoms with Crippen LogP contribution in [0.4, 0.5) is 0 Å². The van der Waals surface area contributed by atoms with Crippen molar-refractivity contribution in [2.24, 2.45) is 5.73 Å². The first-order valence-corrected chi connectivity index (χ1v) is 8.00. The van der Waals surface area contributed by atoms with E-state index in [1.807, 2.05) is 31.2 Å². The van der Waals surface area contributed by atoms with Crippen LogP contribution in [-0.4, -0.2) is 6.04 Å². The van der Waals surface area contributed by atoms with Crippen LogP contribution in [0.25, 0.3) is 0 Å². The lowest BCUT2D eigenvalue weighted by Gasteiger charge is -2.19. The first-order chi connectivity index (χ1) is 8.58. The zero-order chi connectivity index (χ0) is 13.1. The summed E-state index contributed by atoms with van der Waals surface area (Å²) in [6.45, 7) is 2.02. The Labute approximate surface area is 125 Å². The van der Waals surface area contributed by atoms with E-state index >= 15 is 0 Å². The maximum Gasteiger partial charge on any atom is 0.0603 e. The molecule has 96 valence electrons. The van der Waals surface area contributed by atoms with Gasteiger partial charge in [0.05, 0.1) is 15.3 Å². The van der Waals surface area contributed by atoms with Gasteiger partial charge in [-0.1, -0.05) is 29.3 Å². The summed E-state index contributed by atoms with van der Waals surface area (Å²) < 4.78 is 0. The van der Waals surface area contributed by atoms with Gasteiger partial charge in [-0.3, -0.25) is 0 Å². The fraction of sp³-hybridized carbons (Fsp3) is 0.231. The van der Waals surface area contributed by atoms with Crippen molar-refractivity contribution < 1.29 is 0 Å². The Kier molecular flexibility index (Phi) is 4.98. The van der Waals surface area contributed by atoms with Crippen LogP contribution in [0.15, 0.2) is 40.6 Å². The van der Waals surface area contributed by atoms with Gasteiger partial charge >= 0.3 is 0 Å². The third-order valence-electron chi connectivity index (χ3n) is 2.46. The molecule has 0 saturated heterocycles. The molecule has 1 aromatic heterocycles. The summed E-state index contributed by atoms with van der Waals surface area (Å²) in [6.07, 6.45) is 0. The Bertz CT molecular complexity index is 512. The van der Waals surface area contributed by atoms with Gasteiger partial charge in [-0.25, -0.2) is 0 Å². The average molecular weight is 318 g/mol. The second-order valence-corrected chi connectivity index (χ2v) is 7.00. The minimum Gasteiger partial charge on any atom is -0.327 e. The topological polar surface area (TPSA) is 26.0 Å². The Hall–Kier alpha value is -0.190. The normalized spacial score (nSPS) is 14.4. The zero-order valence-electron chi connectivity index (χ0n) is 9.77. The Morgan fingerprint density at radius 2 is 2.00 bits per heavy atom. The van der Waals surface area contributed by atoms with E-state index in [0.717, 1.165) is 4.90 Å². The van der Waals surface area contributed by atoms with Crippen LogP contribution in [0.1, 0.15) is 17.1 Å². The van der Waals surface area contributed by atoms with Gasteiger partial charge in [0.15, 0.2) is 0 Å². The van der Waals surface area contributed by atoms with E-state index in [9.17, 15) is 0 Å². The molecule has 1 nitrogen and oxygen atoms in total. The molecule has 1 heterocycles. The molecule has 0 radical (unpaired) electrons. The van der Waals surface area contributed by atoms with E-state index in [1.165, 1.54) is 4.88 Å². The SMILES string of the molecule is CC(N)C(Sc1ccc(Cl)c(Cl)c1)c1cccs1. The van der Waals surface area contributed by atoms with Gasteiger partial charge in [0.2, 0.25) is 0 Å². The van der Waals surface area contributed by atoms with Crippen LogP contribution < -0.4 is 5.73 Å². The van der Waals surface area contributed by atoms with Crippen molar-refractivity contribution in [3.8, 4) is 0 Å². The number of hydrogen-bond donors (Lipinski definition) is 1. The average Bonchev–Trinajstić information content (AvgIpc) is 2.83. The molecule has 0 aliphatic carbocycles. The predicted molar refractivity (Wildman–Crippen MR) is 83.0 cm³/mol. The number of nitrogens with two attached hydrogens (primary N) is 1. The molecule has 2 N–H and O–H groups in total. The van der Waals surface area contributed by atoms with Gasteiger partial charge in [0, 0.05) is 15.8 Å². The minimum absolute atomic E-state index is 0.0723. The monoisotopic (exact) mass is 317 g/mol. The molecule has 2 unspecified atom stereocenters. The third-order valence-corrected chi connectivity index (χ3v) is 5.76. The van der Waals surface area contributed by atoms with Crippen molar-refractivity contribution >= 4 is 46.3 Å². The molecule has 2 atom stereocenters. The van der Waals surface area contributed by atoms with Crippen molar-refractivity contribution in [1.29, 1.82) is 0 Å². The van der Waals surface area contributed by atoms with Crippen LogP contribution in [0.2, 0.25) is 10.0 Å². The van der Waals surface area contributed by atoms with Gasteiger partial charge in [0.25, 0.3) is 0 Å². The van der Waals surface area contributed by atoms with Crippen molar-refractivity contribution in [3.63, 3.8) is 0 Å². The minimum atomic E-state index is 0.0723. The first-order valence-electron chi connectivity index (χ1n) is 5.48. The molecule has 0 aliphatic rings. The van der Waals surface area contributed by atoms with Crippen LogP contribution >= 0.6 is 46.3 Å². The summed E-state index contributed by atoms with van der Waals surface area (Å²) in [4.78, 5) is 2.36. The number of benzene rings is 1. The van der Waals surface area contributed by atoms with Crippen LogP contribution in [0.3, 0.4) is 0 Å². The molecular formula is C13H13Cl2NS2. The van der Waals surface area contributed by atoms with E-state index in [1.54, 1.807) is 23.1 Å². The summed E-state index contributed by atoms with van der Waals surface area (Å²) in [7, 11) is 0. The second-order valence-electron chi connectivity index (χ2n) is 3.99. The van der Waals surface area contributed by atoms with Gasteiger partial charge in [-0.05, 0) is 36.6 Å². The molecule has 0 amide bonds. The van der Waals surface area contributed by atoms with Crippen molar-refractivity contribution in [1.82, 2.24) is 0 Å². The molecular weight excluding hydrogens is 305 g/mol. The fourth-order valence-corrected chi connectivity index (χ4v) is 4.10. The standard InChI is InChI=1S/C13H13Cl2NS2/c1-8(16)13(12-3-2-6-17-12)18-9-4-5-10(14)11(15)7-9/h2-8,13H,16H2,1H3. The van der Waals surface area contributed by atoms with Gasteiger partial charge in [0.1, 0.15) is 0 Å². The van der Waals surface area contributed by atoms with E-state index in [2.05, 4.69) is 11.4 Å². The zero-order valence-corrected chi connectivity index (χ0v) is 12.9. The third kappa shape index (κ3) is 3.43. The maximum atomic E-state index is 6.07. The maximum absolute atomic E-state index is 6.07. The predicted octanol–water partition coefficient (Wildman–Crippen LogP) is 5.24. The van der Waals surface area contributed by atoms with E-state index in [0.29, 0.717) is 10.0 Å². The van der Waals surface area contributed by atoms with Gasteiger partial charge in [-0.15, -0.1) is 23.1 Å². The number of thiophene rings is 1. The molecule has 0 saturated carbocycles. The lowest BCUT2D eigenvalue weighted by Crippen LogP contribution is -2.21. The van der Waals surface area contributed by atoms with Crippen LogP contribution in [0, 0.1) is 0 Å². The fourth-order valence-electron chi connectivity index (χ4n) is 1.57. The van der Waals surface area contributed by atoms with E-state index < -0.39 is 0 Å². The van der Waals surface area contributed by atoms with Crippen molar-refractivity contribution in [2.75, 3.05) is 0 Å². The lowest BCUT2D eigenvalue weighted by atomic mass is 10.2. The lowest BCUT2D eigenvalue weighted by molar-refractivity contribution is 0.730. The highest BCUT2D eigenvalue weighted by molar-refractivity contribution is 7.99. The van der Waals surface area contributed by atoms with Gasteiger partial charge < -0.3 is 5.73 Å². The highest BCUT2D eigenvalue weighted by atomic mass is 35.5. The summed E-state index contributed by atoms with van der Waals surface area (Å²) in [5.41, 5.74) is 6.07. The molecule has 2 rings (SSSR count). The number of halogens is 2. The summed E-state index contributed by atoms with van der Waals surface area (Å²) in [6, 6.07) is 9.91. The molecule has 0 fully saturated rings. The van der Waals surface area contributed by atoms with E-state index in [-0.39, 0.29) is 11.3 Å². The summed E-state index contributed by atoms with van der Waals surface area (Å²) >= 11 is 15.4. The van der Waals surface area contributed by atoms with Crippen LogP contribution in [0.5, 0.6) is 0 Å². The summed E-state index contributed by atoms with van der Waals surface area (Å²) in [5, 5.41) is 3.47. The van der Waals surface area contributed by atoms with Crippen LogP contribution in [-0.2, 0) is 0 Å². The number of thioether (sulfide) groups is 1. The van der Waals surface area contributed by atoms with Gasteiger partial charge in [-0.2, -0.15) is 0 Å². The van der Waals surface area contributed by atoms with E-state index in [4.69, 9.17) is 28.9 Å². The van der Waals surface area contributed by atoms with Crippen molar-refractivity contribution in [2.45, 2.75) is 23.1 Å². The van der Waals surface area contributed by atoms with Crippen molar-refractivity contribution in [3.05, 3.63) is 50.6 Å². The summed E-state index contributed by atoms with van der Waals surface area (Å²) in [5.74, 6) is 0. The first kappa shape index (κ1) is 14.2. The highest BCUT2D eigenvalue weighted by Crippen LogP contribution is 2.40. The highest BCUT2D eigenvalue weighted by Gasteiger charge is 2.19.